The molecule has 0 saturated carbocycles. The summed E-state index contributed by atoms with van der Waals surface area (Å²) in [5.74, 6) is 1.18. The standard InChI is InChI=1S/C10H18N2S/c1-2-3-9-13-10-8-12-6-4-11-5-7-12/h11H,2-7,9H2,1H3. The molecule has 1 fully saturated rings. The molecule has 0 radical (unpaired) electrons. The smallest absolute Gasteiger partial charge is 0.0386 e. The number of thioether (sulfide) groups is 1. The molecule has 0 bridgehead atoms. The van der Waals surface area contributed by atoms with Gasteiger partial charge in [-0.2, -0.15) is 0 Å². The largest absolute Gasteiger partial charge is 0.329 e. The van der Waals surface area contributed by atoms with Crippen molar-refractivity contribution in [3.8, 4) is 11.3 Å². The SMILES string of the molecule is CCCCSC#CN1CCNCC1. The highest BCUT2D eigenvalue weighted by Crippen LogP contribution is 2.01. The van der Waals surface area contributed by atoms with Gasteiger partial charge >= 0.3 is 0 Å². The van der Waals surface area contributed by atoms with Crippen LogP contribution in [0, 0.1) is 11.3 Å². The van der Waals surface area contributed by atoms with Crippen molar-refractivity contribution in [1.29, 1.82) is 0 Å². The summed E-state index contributed by atoms with van der Waals surface area (Å²) in [5, 5.41) is 6.46. The Morgan fingerprint density at radius 2 is 2.15 bits per heavy atom. The number of hydrogen-bond acceptors (Lipinski definition) is 3. The molecule has 2 nitrogen and oxygen atoms in total. The van der Waals surface area contributed by atoms with Crippen molar-refractivity contribution in [2.24, 2.45) is 0 Å². The minimum atomic E-state index is 1.07. The fourth-order valence-corrected chi connectivity index (χ4v) is 1.87. The minimum Gasteiger partial charge on any atom is -0.329 e. The van der Waals surface area contributed by atoms with E-state index in [1.165, 1.54) is 18.6 Å². The van der Waals surface area contributed by atoms with E-state index in [0.29, 0.717) is 0 Å². The molecule has 3 heteroatoms. The molecule has 0 unspecified atom stereocenters. The van der Waals surface area contributed by atoms with Gasteiger partial charge in [0.15, 0.2) is 0 Å². The van der Waals surface area contributed by atoms with Gasteiger partial charge in [-0.15, -0.1) is 0 Å². The number of nitrogens with one attached hydrogen (secondary N) is 1. The van der Waals surface area contributed by atoms with E-state index in [1.54, 1.807) is 11.8 Å². The summed E-state index contributed by atoms with van der Waals surface area (Å²) in [5.41, 5.74) is 0. The Morgan fingerprint density at radius 1 is 1.38 bits per heavy atom. The topological polar surface area (TPSA) is 15.3 Å². The van der Waals surface area contributed by atoms with E-state index < -0.39 is 0 Å². The highest BCUT2D eigenvalue weighted by molar-refractivity contribution is 8.03. The lowest BCUT2D eigenvalue weighted by molar-refractivity contribution is 0.342. The van der Waals surface area contributed by atoms with Crippen LogP contribution >= 0.6 is 11.8 Å². The molecule has 0 aromatic rings. The Balaban J connectivity index is 2.06. The van der Waals surface area contributed by atoms with Gasteiger partial charge in [-0.25, -0.2) is 0 Å². The van der Waals surface area contributed by atoms with Crippen molar-refractivity contribution < 1.29 is 0 Å². The first-order valence-electron chi connectivity index (χ1n) is 5.01. The number of piperazine rings is 1. The highest BCUT2D eigenvalue weighted by atomic mass is 32.2. The van der Waals surface area contributed by atoms with Crippen LogP contribution in [0.1, 0.15) is 19.8 Å². The van der Waals surface area contributed by atoms with Gasteiger partial charge in [0.1, 0.15) is 0 Å². The van der Waals surface area contributed by atoms with E-state index in [2.05, 4.69) is 28.4 Å². The van der Waals surface area contributed by atoms with Crippen LogP contribution in [-0.2, 0) is 0 Å². The van der Waals surface area contributed by atoms with Crippen LogP contribution in [0.3, 0.4) is 0 Å². The maximum atomic E-state index is 3.31. The summed E-state index contributed by atoms with van der Waals surface area (Å²) in [6.45, 7) is 6.51. The molecule has 0 aromatic carbocycles. The predicted octanol–water partition coefficient (Wildman–Crippen LogP) is 1.34. The van der Waals surface area contributed by atoms with E-state index in [4.69, 9.17) is 0 Å². The van der Waals surface area contributed by atoms with Crippen molar-refractivity contribution in [2.75, 3.05) is 31.9 Å². The van der Waals surface area contributed by atoms with E-state index in [0.717, 1.165) is 26.2 Å². The fourth-order valence-electron chi connectivity index (χ4n) is 1.14. The van der Waals surface area contributed by atoms with Gasteiger partial charge in [0.05, 0.1) is 0 Å². The molecular formula is C10H18N2S. The maximum Gasteiger partial charge on any atom is 0.0386 e. The van der Waals surface area contributed by atoms with Crippen LogP contribution < -0.4 is 5.32 Å². The Kier molecular flexibility index (Phi) is 5.88. The number of rotatable bonds is 3. The van der Waals surface area contributed by atoms with Crippen molar-refractivity contribution >= 4 is 11.8 Å². The highest BCUT2D eigenvalue weighted by Gasteiger charge is 2.03. The van der Waals surface area contributed by atoms with E-state index in [1.807, 2.05) is 0 Å². The first-order chi connectivity index (χ1) is 6.43. The zero-order valence-corrected chi connectivity index (χ0v) is 9.12. The molecule has 0 spiro atoms. The molecule has 13 heavy (non-hydrogen) atoms. The van der Waals surface area contributed by atoms with Gasteiger partial charge in [0.2, 0.25) is 0 Å². The van der Waals surface area contributed by atoms with Crippen molar-refractivity contribution in [3.05, 3.63) is 0 Å². The first kappa shape index (κ1) is 10.7. The van der Waals surface area contributed by atoms with Crippen LogP contribution in [0.15, 0.2) is 0 Å². The van der Waals surface area contributed by atoms with E-state index >= 15 is 0 Å². The van der Waals surface area contributed by atoms with E-state index in [9.17, 15) is 0 Å². The van der Waals surface area contributed by atoms with Gasteiger partial charge in [-0.05, 0) is 11.7 Å². The normalized spacial score (nSPS) is 16.5. The van der Waals surface area contributed by atoms with Crippen molar-refractivity contribution in [3.63, 3.8) is 0 Å². The second-order valence-electron chi connectivity index (χ2n) is 3.15. The second kappa shape index (κ2) is 7.11. The molecule has 1 saturated heterocycles. The summed E-state index contributed by atoms with van der Waals surface area (Å²) in [4.78, 5) is 2.20. The van der Waals surface area contributed by atoms with Gasteiger partial charge in [-0.3, -0.25) is 0 Å². The monoisotopic (exact) mass is 198 g/mol. The third-order valence-electron chi connectivity index (χ3n) is 1.99. The minimum absolute atomic E-state index is 1.07. The molecule has 1 aliphatic rings. The van der Waals surface area contributed by atoms with E-state index in [-0.39, 0.29) is 0 Å². The Labute approximate surface area is 85.4 Å². The summed E-state index contributed by atoms with van der Waals surface area (Å²) in [6, 6.07) is 3.19. The average molecular weight is 198 g/mol. The molecular weight excluding hydrogens is 180 g/mol. The quantitative estimate of drug-likeness (QED) is 0.544. The summed E-state index contributed by atoms with van der Waals surface area (Å²) < 4.78 is 0. The first-order valence-corrected chi connectivity index (χ1v) is 6.00. The number of unbranched alkanes of at least 4 members (excludes halogenated alkanes) is 1. The predicted molar refractivity (Wildman–Crippen MR) is 59.6 cm³/mol. The molecule has 0 amide bonds. The lowest BCUT2D eigenvalue weighted by Gasteiger charge is -2.22. The third-order valence-corrected chi connectivity index (χ3v) is 2.72. The number of nitrogens with zero attached hydrogens (tertiary/aromatic N) is 1. The summed E-state index contributed by atoms with van der Waals surface area (Å²) in [6.07, 6.45) is 2.54. The fraction of sp³-hybridized carbons (Fsp3) is 0.800. The van der Waals surface area contributed by atoms with Crippen LogP contribution in [0.5, 0.6) is 0 Å². The third kappa shape index (κ3) is 5.07. The number of hydrogen-bond donors (Lipinski definition) is 1. The second-order valence-corrected chi connectivity index (χ2v) is 4.05. The molecule has 74 valence electrons. The zero-order valence-electron chi connectivity index (χ0n) is 8.31. The lowest BCUT2D eigenvalue weighted by Crippen LogP contribution is -2.40. The zero-order chi connectivity index (χ0) is 9.36. The summed E-state index contributed by atoms with van der Waals surface area (Å²) in [7, 11) is 0. The van der Waals surface area contributed by atoms with Gasteiger partial charge in [0, 0.05) is 38.0 Å². The molecule has 1 N–H and O–H groups in total. The Bertz CT molecular complexity index is 177. The Hall–Kier alpha value is -0.330. The molecule has 1 heterocycles. The van der Waals surface area contributed by atoms with Crippen molar-refractivity contribution in [1.82, 2.24) is 10.2 Å². The van der Waals surface area contributed by atoms with Gasteiger partial charge < -0.3 is 10.2 Å². The molecule has 1 rings (SSSR count). The van der Waals surface area contributed by atoms with Crippen LogP contribution in [0.2, 0.25) is 0 Å². The maximum absolute atomic E-state index is 3.31. The van der Waals surface area contributed by atoms with Crippen LogP contribution in [0.25, 0.3) is 0 Å². The van der Waals surface area contributed by atoms with Gasteiger partial charge in [-0.1, -0.05) is 25.1 Å². The lowest BCUT2D eigenvalue weighted by atomic mass is 10.4. The molecule has 1 aliphatic heterocycles. The molecule has 0 atom stereocenters. The summed E-state index contributed by atoms with van der Waals surface area (Å²) >= 11 is 1.75. The van der Waals surface area contributed by atoms with Gasteiger partial charge in [0.25, 0.3) is 0 Å². The molecule has 0 aromatic heterocycles. The van der Waals surface area contributed by atoms with Crippen molar-refractivity contribution in [2.45, 2.75) is 19.8 Å². The van der Waals surface area contributed by atoms with Crippen LogP contribution in [-0.4, -0.2) is 36.8 Å². The molecule has 0 aliphatic carbocycles. The van der Waals surface area contributed by atoms with Crippen LogP contribution in [0.4, 0.5) is 0 Å². The average Bonchev–Trinajstić information content (AvgIpc) is 2.19. The Morgan fingerprint density at radius 3 is 2.85 bits per heavy atom.